The Morgan fingerprint density at radius 2 is 2.00 bits per heavy atom. The Labute approximate surface area is 121 Å². The Morgan fingerprint density at radius 1 is 1.29 bits per heavy atom. The number of benzene rings is 1. The first-order valence-electron chi connectivity index (χ1n) is 6.61. The molecule has 1 aromatic carbocycles. The maximum atomic E-state index is 12.3. The van der Waals surface area contributed by atoms with Crippen molar-refractivity contribution in [3.05, 3.63) is 41.3 Å². The van der Waals surface area contributed by atoms with Crippen LogP contribution < -0.4 is 20.5 Å². The molecule has 2 heterocycles. The second-order valence-corrected chi connectivity index (χ2v) is 4.94. The van der Waals surface area contributed by atoms with Crippen LogP contribution in [0.5, 0.6) is 11.5 Å². The Morgan fingerprint density at radius 3 is 2.67 bits per heavy atom. The number of hydrogen-bond acceptors (Lipinski definition) is 5. The van der Waals surface area contributed by atoms with Crippen LogP contribution in [0.25, 0.3) is 0 Å². The summed E-state index contributed by atoms with van der Waals surface area (Å²) < 4.78 is 16.0. The third-order valence-electron chi connectivity index (χ3n) is 3.32. The summed E-state index contributed by atoms with van der Waals surface area (Å²) >= 11 is 0. The summed E-state index contributed by atoms with van der Waals surface area (Å²) in [6.45, 7) is 3.84. The molecular weight excluding hydrogens is 272 g/mol. The van der Waals surface area contributed by atoms with Crippen molar-refractivity contribution in [2.75, 3.05) is 12.5 Å². The van der Waals surface area contributed by atoms with Crippen LogP contribution in [0.4, 0.5) is 5.69 Å². The monoisotopic (exact) mass is 288 g/mol. The average molecular weight is 288 g/mol. The van der Waals surface area contributed by atoms with Gasteiger partial charge in [0.1, 0.15) is 11.5 Å². The van der Waals surface area contributed by atoms with Crippen molar-refractivity contribution < 1.29 is 18.7 Å². The number of aryl methyl sites for hydroxylation is 1. The van der Waals surface area contributed by atoms with E-state index in [1.54, 1.807) is 12.1 Å². The van der Waals surface area contributed by atoms with Crippen LogP contribution in [0.15, 0.2) is 28.7 Å². The van der Waals surface area contributed by atoms with Crippen molar-refractivity contribution in [1.82, 2.24) is 5.32 Å². The molecule has 2 aromatic rings. The molecule has 0 bridgehead atoms. The molecule has 1 aliphatic rings. The predicted octanol–water partition coefficient (Wildman–Crippen LogP) is 2.39. The minimum Gasteiger partial charge on any atom is -0.464 e. The quantitative estimate of drug-likeness (QED) is 0.847. The van der Waals surface area contributed by atoms with Crippen LogP contribution in [0.3, 0.4) is 0 Å². The van der Waals surface area contributed by atoms with E-state index in [1.807, 2.05) is 26.0 Å². The van der Waals surface area contributed by atoms with E-state index in [-0.39, 0.29) is 18.7 Å². The van der Waals surface area contributed by atoms with Gasteiger partial charge in [-0.05, 0) is 32.0 Å². The van der Waals surface area contributed by atoms with E-state index < -0.39 is 0 Å². The third kappa shape index (κ3) is 2.52. The SMILES string of the molecule is Cc1ccc(C(C)NC(=O)c2cc3c(cc2N)OCO3)o1. The lowest BCUT2D eigenvalue weighted by Crippen LogP contribution is -2.27. The summed E-state index contributed by atoms with van der Waals surface area (Å²) in [5, 5.41) is 2.85. The van der Waals surface area contributed by atoms with Crippen molar-refractivity contribution in [2.24, 2.45) is 0 Å². The van der Waals surface area contributed by atoms with Gasteiger partial charge in [0.05, 0.1) is 11.6 Å². The van der Waals surface area contributed by atoms with Crippen LogP contribution in [0.1, 0.15) is 34.8 Å². The fourth-order valence-electron chi connectivity index (χ4n) is 2.19. The molecule has 1 unspecified atom stereocenters. The topological polar surface area (TPSA) is 86.7 Å². The summed E-state index contributed by atoms with van der Waals surface area (Å²) in [5.41, 5.74) is 6.60. The van der Waals surface area contributed by atoms with Gasteiger partial charge in [0.2, 0.25) is 6.79 Å². The highest BCUT2D eigenvalue weighted by atomic mass is 16.7. The van der Waals surface area contributed by atoms with Crippen LogP contribution in [-0.4, -0.2) is 12.7 Å². The van der Waals surface area contributed by atoms with Crippen molar-refractivity contribution in [2.45, 2.75) is 19.9 Å². The second-order valence-electron chi connectivity index (χ2n) is 4.94. The Hall–Kier alpha value is -2.63. The molecular formula is C15H16N2O4. The van der Waals surface area contributed by atoms with Gasteiger partial charge in [-0.15, -0.1) is 0 Å². The van der Waals surface area contributed by atoms with Crippen LogP contribution in [0.2, 0.25) is 0 Å². The van der Waals surface area contributed by atoms with Gasteiger partial charge in [0.15, 0.2) is 11.5 Å². The lowest BCUT2D eigenvalue weighted by Gasteiger charge is -2.13. The molecule has 3 N–H and O–H groups in total. The minimum absolute atomic E-state index is 0.141. The summed E-state index contributed by atoms with van der Waals surface area (Å²) in [7, 11) is 0. The van der Waals surface area contributed by atoms with Gasteiger partial charge in [-0.3, -0.25) is 4.79 Å². The smallest absolute Gasteiger partial charge is 0.254 e. The zero-order chi connectivity index (χ0) is 15.0. The van der Waals surface area contributed by atoms with E-state index in [9.17, 15) is 4.79 Å². The first-order valence-corrected chi connectivity index (χ1v) is 6.61. The molecule has 1 atom stereocenters. The number of amides is 1. The number of hydrogen-bond donors (Lipinski definition) is 2. The standard InChI is InChI=1S/C15H16N2O4/c1-8-3-4-12(21-8)9(2)17-15(18)10-5-13-14(6-11(10)16)20-7-19-13/h3-6,9H,7,16H2,1-2H3,(H,17,18). The molecule has 1 amide bonds. The van der Waals surface area contributed by atoms with Crippen molar-refractivity contribution in [3.63, 3.8) is 0 Å². The molecule has 6 heteroatoms. The van der Waals surface area contributed by atoms with E-state index in [1.165, 1.54) is 0 Å². The largest absolute Gasteiger partial charge is 0.464 e. The van der Waals surface area contributed by atoms with Gasteiger partial charge in [-0.1, -0.05) is 0 Å². The highest BCUT2D eigenvalue weighted by Crippen LogP contribution is 2.36. The molecule has 110 valence electrons. The molecule has 21 heavy (non-hydrogen) atoms. The lowest BCUT2D eigenvalue weighted by molar-refractivity contribution is 0.0935. The molecule has 1 aliphatic heterocycles. The molecule has 0 aliphatic carbocycles. The first kappa shape index (κ1) is 13.4. The number of carbonyl (C=O) groups is 1. The van der Waals surface area contributed by atoms with Gasteiger partial charge >= 0.3 is 0 Å². The maximum absolute atomic E-state index is 12.3. The Kier molecular flexibility index (Phi) is 3.21. The van der Waals surface area contributed by atoms with Crippen LogP contribution in [-0.2, 0) is 0 Å². The average Bonchev–Trinajstić information content (AvgIpc) is 3.05. The van der Waals surface area contributed by atoms with E-state index in [0.717, 1.165) is 5.76 Å². The third-order valence-corrected chi connectivity index (χ3v) is 3.32. The summed E-state index contributed by atoms with van der Waals surface area (Å²) in [4.78, 5) is 12.3. The Bertz CT molecular complexity index is 693. The van der Waals surface area contributed by atoms with Gasteiger partial charge in [0.25, 0.3) is 5.91 Å². The zero-order valence-electron chi connectivity index (χ0n) is 11.8. The van der Waals surface area contributed by atoms with Crippen LogP contribution >= 0.6 is 0 Å². The molecule has 0 saturated carbocycles. The summed E-state index contributed by atoms with van der Waals surface area (Å²) in [6, 6.07) is 6.62. The number of nitrogens with two attached hydrogens (primary N) is 1. The zero-order valence-corrected chi connectivity index (χ0v) is 11.8. The minimum atomic E-state index is -0.285. The molecule has 0 fully saturated rings. The number of rotatable bonds is 3. The number of nitrogens with one attached hydrogen (secondary N) is 1. The number of ether oxygens (including phenoxy) is 2. The number of fused-ring (bicyclic) bond motifs is 1. The van der Waals surface area contributed by atoms with Crippen molar-refractivity contribution >= 4 is 11.6 Å². The highest BCUT2D eigenvalue weighted by molar-refractivity contribution is 6.00. The second kappa shape index (κ2) is 5.05. The summed E-state index contributed by atoms with van der Waals surface area (Å²) in [5.74, 6) is 2.29. The normalized spacial score (nSPS) is 14.0. The molecule has 3 rings (SSSR count). The molecule has 1 aromatic heterocycles. The molecule has 6 nitrogen and oxygen atoms in total. The highest BCUT2D eigenvalue weighted by Gasteiger charge is 2.21. The van der Waals surface area contributed by atoms with Gasteiger partial charge in [-0.2, -0.15) is 0 Å². The molecule has 0 spiro atoms. The lowest BCUT2D eigenvalue weighted by atomic mass is 10.1. The van der Waals surface area contributed by atoms with E-state index in [0.29, 0.717) is 28.5 Å². The molecule has 0 radical (unpaired) electrons. The van der Waals surface area contributed by atoms with Crippen LogP contribution in [0, 0.1) is 6.92 Å². The fourth-order valence-corrected chi connectivity index (χ4v) is 2.19. The van der Waals surface area contributed by atoms with E-state index in [4.69, 9.17) is 19.6 Å². The summed E-state index contributed by atoms with van der Waals surface area (Å²) in [6.07, 6.45) is 0. The van der Waals surface area contributed by atoms with Gasteiger partial charge in [0, 0.05) is 11.8 Å². The Balaban J connectivity index is 1.79. The van der Waals surface area contributed by atoms with Gasteiger partial charge < -0.3 is 24.9 Å². The number of carbonyl (C=O) groups excluding carboxylic acids is 1. The number of nitrogen functional groups attached to an aromatic ring is 1. The number of furan rings is 1. The van der Waals surface area contributed by atoms with E-state index >= 15 is 0 Å². The van der Waals surface area contributed by atoms with Gasteiger partial charge in [-0.25, -0.2) is 0 Å². The number of anilines is 1. The maximum Gasteiger partial charge on any atom is 0.254 e. The van der Waals surface area contributed by atoms with E-state index in [2.05, 4.69) is 5.32 Å². The predicted molar refractivity (Wildman–Crippen MR) is 76.3 cm³/mol. The van der Waals surface area contributed by atoms with Crippen molar-refractivity contribution in [3.8, 4) is 11.5 Å². The fraction of sp³-hybridized carbons (Fsp3) is 0.267. The van der Waals surface area contributed by atoms with Crippen molar-refractivity contribution in [1.29, 1.82) is 0 Å². The first-order chi connectivity index (χ1) is 10.0. The molecule has 0 saturated heterocycles.